The van der Waals surface area contributed by atoms with Crippen LogP contribution < -0.4 is 0 Å². The van der Waals surface area contributed by atoms with E-state index in [0.717, 1.165) is 23.1 Å². The fourth-order valence-corrected chi connectivity index (χ4v) is 1.98. The van der Waals surface area contributed by atoms with E-state index in [1.165, 1.54) is 12.1 Å². The van der Waals surface area contributed by atoms with Gasteiger partial charge in [-0.25, -0.2) is 9.18 Å². The zero-order valence-corrected chi connectivity index (χ0v) is 8.38. The van der Waals surface area contributed by atoms with Gasteiger partial charge in [0.15, 0.2) is 0 Å². The highest BCUT2D eigenvalue weighted by molar-refractivity contribution is 5.97. The van der Waals surface area contributed by atoms with Crippen LogP contribution in [0.3, 0.4) is 0 Å². The Morgan fingerprint density at radius 2 is 2.13 bits per heavy atom. The Morgan fingerprint density at radius 3 is 2.80 bits per heavy atom. The maximum Gasteiger partial charge on any atom is 0.331 e. The maximum absolute atomic E-state index is 12.9. The Hall–Kier alpha value is -1.64. The fraction of sp³-hybridized carbons (Fsp3) is 0.250. The van der Waals surface area contributed by atoms with Gasteiger partial charge >= 0.3 is 5.97 Å². The maximum atomic E-state index is 12.9. The topological polar surface area (TPSA) is 37.3 Å². The van der Waals surface area contributed by atoms with Gasteiger partial charge in [0.1, 0.15) is 5.82 Å². The summed E-state index contributed by atoms with van der Waals surface area (Å²) >= 11 is 0. The van der Waals surface area contributed by atoms with Crippen molar-refractivity contribution in [2.24, 2.45) is 0 Å². The standard InChI is InChI=1S/C12H11FO2/c1-7(12(14)15)10-4-2-8-6-9(13)3-5-11(8)10/h3,5-6H,2,4H2,1H3,(H,14,15)/b10-7+. The van der Waals surface area contributed by atoms with Crippen molar-refractivity contribution < 1.29 is 14.3 Å². The summed E-state index contributed by atoms with van der Waals surface area (Å²) in [5.74, 6) is -1.16. The second kappa shape index (κ2) is 3.50. The minimum atomic E-state index is -0.901. The number of rotatable bonds is 1. The molecular weight excluding hydrogens is 195 g/mol. The van der Waals surface area contributed by atoms with Gasteiger partial charge in [0.2, 0.25) is 0 Å². The number of allylic oxidation sites excluding steroid dienone is 1. The van der Waals surface area contributed by atoms with Crippen molar-refractivity contribution in [2.45, 2.75) is 19.8 Å². The molecule has 1 aromatic rings. The van der Waals surface area contributed by atoms with Gasteiger partial charge < -0.3 is 5.11 Å². The van der Waals surface area contributed by atoms with Crippen molar-refractivity contribution in [3.8, 4) is 0 Å². The minimum absolute atomic E-state index is 0.261. The first-order chi connectivity index (χ1) is 7.09. The first-order valence-electron chi connectivity index (χ1n) is 4.81. The molecule has 0 spiro atoms. The van der Waals surface area contributed by atoms with E-state index in [1.54, 1.807) is 13.0 Å². The van der Waals surface area contributed by atoms with Gasteiger partial charge in [-0.2, -0.15) is 0 Å². The highest BCUT2D eigenvalue weighted by Gasteiger charge is 2.20. The molecule has 15 heavy (non-hydrogen) atoms. The summed E-state index contributed by atoms with van der Waals surface area (Å²) in [6.45, 7) is 1.59. The summed E-state index contributed by atoms with van der Waals surface area (Å²) in [4.78, 5) is 10.8. The van der Waals surface area contributed by atoms with Crippen LogP contribution in [0.5, 0.6) is 0 Å². The van der Waals surface area contributed by atoms with Crippen LogP contribution in [0.15, 0.2) is 23.8 Å². The number of benzene rings is 1. The summed E-state index contributed by atoms with van der Waals surface area (Å²) in [5.41, 5.74) is 2.99. The fourth-order valence-electron chi connectivity index (χ4n) is 1.98. The number of hydrogen-bond acceptors (Lipinski definition) is 1. The van der Waals surface area contributed by atoms with E-state index in [9.17, 15) is 9.18 Å². The number of carboxylic acid groups (broad SMARTS) is 1. The summed E-state index contributed by atoms with van der Waals surface area (Å²) in [7, 11) is 0. The molecule has 0 unspecified atom stereocenters. The van der Waals surface area contributed by atoms with Crippen LogP contribution >= 0.6 is 0 Å². The van der Waals surface area contributed by atoms with Gasteiger partial charge in [0.25, 0.3) is 0 Å². The van der Waals surface area contributed by atoms with Crippen LogP contribution in [0.25, 0.3) is 5.57 Å². The van der Waals surface area contributed by atoms with Gasteiger partial charge in [0, 0.05) is 5.57 Å². The predicted molar refractivity (Wildman–Crippen MR) is 55.0 cm³/mol. The highest BCUT2D eigenvalue weighted by Crippen LogP contribution is 2.34. The number of carboxylic acids is 1. The second-order valence-electron chi connectivity index (χ2n) is 3.71. The smallest absolute Gasteiger partial charge is 0.331 e. The Bertz CT molecular complexity index is 461. The van der Waals surface area contributed by atoms with Gasteiger partial charge in [-0.3, -0.25) is 0 Å². The molecule has 1 N–H and O–H groups in total. The van der Waals surface area contributed by atoms with Crippen molar-refractivity contribution in [2.75, 3.05) is 0 Å². The molecule has 0 radical (unpaired) electrons. The number of aryl methyl sites for hydroxylation is 1. The molecule has 0 atom stereocenters. The summed E-state index contributed by atoms with van der Waals surface area (Å²) < 4.78 is 12.9. The predicted octanol–water partition coefficient (Wildman–Crippen LogP) is 2.63. The third-order valence-electron chi connectivity index (χ3n) is 2.81. The molecule has 0 saturated heterocycles. The zero-order valence-electron chi connectivity index (χ0n) is 8.38. The molecule has 1 aliphatic rings. The Balaban J connectivity index is 2.54. The lowest BCUT2D eigenvalue weighted by Gasteiger charge is -2.03. The second-order valence-corrected chi connectivity index (χ2v) is 3.71. The van der Waals surface area contributed by atoms with Gasteiger partial charge in [-0.05, 0) is 48.6 Å². The summed E-state index contributed by atoms with van der Waals surface area (Å²) in [6.07, 6.45) is 1.42. The van der Waals surface area contributed by atoms with E-state index in [-0.39, 0.29) is 5.82 Å². The number of aliphatic carboxylic acids is 1. The average Bonchev–Trinajstić information content (AvgIpc) is 2.59. The van der Waals surface area contributed by atoms with Gasteiger partial charge in [0.05, 0.1) is 0 Å². The molecule has 3 heteroatoms. The largest absolute Gasteiger partial charge is 0.478 e. The summed E-state index contributed by atoms with van der Waals surface area (Å²) in [5, 5.41) is 8.89. The molecule has 0 saturated carbocycles. The van der Waals surface area contributed by atoms with Crippen LogP contribution in [0, 0.1) is 5.82 Å². The molecule has 78 valence electrons. The molecule has 0 fully saturated rings. The average molecular weight is 206 g/mol. The van der Waals surface area contributed by atoms with Crippen molar-refractivity contribution >= 4 is 11.5 Å². The third kappa shape index (κ3) is 1.65. The molecule has 1 aromatic carbocycles. The van der Waals surface area contributed by atoms with Gasteiger partial charge in [-0.1, -0.05) is 6.07 Å². The monoisotopic (exact) mass is 206 g/mol. The van der Waals surface area contributed by atoms with E-state index in [2.05, 4.69) is 0 Å². The van der Waals surface area contributed by atoms with Crippen LogP contribution in [0.1, 0.15) is 24.5 Å². The molecule has 0 aliphatic heterocycles. The lowest BCUT2D eigenvalue weighted by atomic mass is 10.0. The van der Waals surface area contributed by atoms with E-state index in [1.807, 2.05) is 0 Å². The molecule has 0 aromatic heterocycles. The molecule has 0 bridgehead atoms. The summed E-state index contributed by atoms with van der Waals surface area (Å²) in [6, 6.07) is 4.52. The van der Waals surface area contributed by atoms with Crippen molar-refractivity contribution in [3.63, 3.8) is 0 Å². The quantitative estimate of drug-likeness (QED) is 0.717. The van der Waals surface area contributed by atoms with Crippen LogP contribution in [-0.4, -0.2) is 11.1 Å². The number of carbonyl (C=O) groups is 1. The van der Waals surface area contributed by atoms with E-state index in [0.29, 0.717) is 12.0 Å². The van der Waals surface area contributed by atoms with Crippen molar-refractivity contribution in [1.82, 2.24) is 0 Å². The highest BCUT2D eigenvalue weighted by atomic mass is 19.1. The molecule has 2 nitrogen and oxygen atoms in total. The number of hydrogen-bond donors (Lipinski definition) is 1. The van der Waals surface area contributed by atoms with Crippen molar-refractivity contribution in [3.05, 3.63) is 40.7 Å². The van der Waals surface area contributed by atoms with E-state index < -0.39 is 5.97 Å². The number of fused-ring (bicyclic) bond motifs is 1. The zero-order chi connectivity index (χ0) is 11.0. The first-order valence-corrected chi connectivity index (χ1v) is 4.81. The van der Waals surface area contributed by atoms with Gasteiger partial charge in [-0.15, -0.1) is 0 Å². The normalized spacial score (nSPS) is 17.5. The van der Waals surface area contributed by atoms with Crippen LogP contribution in [-0.2, 0) is 11.2 Å². The first kappa shape index (κ1) is 9.90. The molecule has 1 aliphatic carbocycles. The Kier molecular flexibility index (Phi) is 2.31. The van der Waals surface area contributed by atoms with Crippen LogP contribution in [0.4, 0.5) is 4.39 Å². The minimum Gasteiger partial charge on any atom is -0.478 e. The Labute approximate surface area is 87.0 Å². The van der Waals surface area contributed by atoms with E-state index >= 15 is 0 Å². The Morgan fingerprint density at radius 1 is 1.40 bits per heavy atom. The van der Waals surface area contributed by atoms with E-state index in [4.69, 9.17) is 5.11 Å². The number of halogens is 1. The van der Waals surface area contributed by atoms with Crippen molar-refractivity contribution in [1.29, 1.82) is 0 Å². The lowest BCUT2D eigenvalue weighted by molar-refractivity contribution is -0.132. The molecular formula is C12H11FO2. The third-order valence-corrected chi connectivity index (χ3v) is 2.81. The SMILES string of the molecule is C/C(C(=O)O)=C1/CCc2cc(F)ccc21. The lowest BCUT2D eigenvalue weighted by Crippen LogP contribution is -1.99. The van der Waals surface area contributed by atoms with Crippen LogP contribution in [0.2, 0.25) is 0 Å². The molecule has 2 rings (SSSR count). The molecule has 0 heterocycles. The molecule has 0 amide bonds.